The van der Waals surface area contributed by atoms with Gasteiger partial charge in [0.15, 0.2) is 16.4 Å². The Balaban J connectivity index is 1.26. The Morgan fingerprint density at radius 3 is 2.67 bits per heavy atom. The fourth-order valence-electron chi connectivity index (χ4n) is 4.99. The molecule has 1 saturated carbocycles. The molecule has 2 aromatic carbocycles. The van der Waals surface area contributed by atoms with Gasteiger partial charge >= 0.3 is 0 Å². The Kier molecular flexibility index (Phi) is 3.87. The summed E-state index contributed by atoms with van der Waals surface area (Å²) in [7, 11) is 0. The molecule has 3 aliphatic heterocycles. The van der Waals surface area contributed by atoms with Crippen LogP contribution in [0, 0.1) is 0 Å². The molecule has 1 N–H and O–H groups in total. The average molecular weight is 423 g/mol. The second-order valence-corrected chi connectivity index (χ2v) is 9.69. The van der Waals surface area contributed by atoms with E-state index in [0.717, 1.165) is 42.0 Å². The van der Waals surface area contributed by atoms with Crippen LogP contribution in [0.5, 0.6) is 11.5 Å². The smallest absolute Gasteiger partial charge is 0.261 e. The monoisotopic (exact) mass is 422 g/mol. The van der Waals surface area contributed by atoms with Crippen LogP contribution in [-0.2, 0) is 9.59 Å². The minimum absolute atomic E-state index is 0.00692. The molecule has 1 spiro atoms. The van der Waals surface area contributed by atoms with E-state index in [4.69, 9.17) is 9.47 Å². The molecule has 6 nitrogen and oxygen atoms in total. The number of nitrogens with zero attached hydrogens (tertiary/aromatic N) is 1. The summed E-state index contributed by atoms with van der Waals surface area (Å²) >= 11 is 1.47. The van der Waals surface area contributed by atoms with E-state index < -0.39 is 10.7 Å². The van der Waals surface area contributed by atoms with Crippen LogP contribution in [0.2, 0.25) is 0 Å². The van der Waals surface area contributed by atoms with Crippen LogP contribution < -0.4 is 19.7 Å². The van der Waals surface area contributed by atoms with Crippen molar-refractivity contribution in [2.45, 2.75) is 60.5 Å². The molecule has 4 aliphatic rings. The fraction of sp³-hybridized carbons (Fsp3) is 0.391. The molecule has 7 heteroatoms. The van der Waals surface area contributed by atoms with Crippen molar-refractivity contribution >= 4 is 35.0 Å². The van der Waals surface area contributed by atoms with Crippen LogP contribution >= 0.6 is 11.8 Å². The van der Waals surface area contributed by atoms with Crippen molar-refractivity contribution in [3.8, 4) is 11.5 Å². The Morgan fingerprint density at radius 1 is 1.00 bits per heavy atom. The van der Waals surface area contributed by atoms with Crippen LogP contribution in [0.4, 0.5) is 11.4 Å². The molecule has 30 heavy (non-hydrogen) atoms. The largest absolute Gasteiger partial charge is 0.448 e. The SMILES string of the molecule is O=C1CC[C@]2(C(=O)Nc3ccc4c(c3)OC3(CCCCC3)O4)Sc3ccccc3N12. The lowest BCUT2D eigenvalue weighted by atomic mass is 9.94. The number of hydrogen-bond donors (Lipinski definition) is 1. The molecule has 2 fully saturated rings. The van der Waals surface area contributed by atoms with Crippen LogP contribution in [0.1, 0.15) is 44.9 Å². The Morgan fingerprint density at radius 2 is 1.80 bits per heavy atom. The van der Waals surface area contributed by atoms with E-state index in [-0.39, 0.29) is 11.8 Å². The maximum absolute atomic E-state index is 13.4. The van der Waals surface area contributed by atoms with Gasteiger partial charge in [-0.25, -0.2) is 0 Å². The molecule has 3 heterocycles. The van der Waals surface area contributed by atoms with Crippen molar-refractivity contribution in [2.75, 3.05) is 10.2 Å². The molecule has 1 saturated heterocycles. The molecular weight excluding hydrogens is 400 g/mol. The van der Waals surface area contributed by atoms with Crippen molar-refractivity contribution < 1.29 is 19.1 Å². The third kappa shape index (κ3) is 2.57. The minimum atomic E-state index is -0.929. The molecule has 0 bridgehead atoms. The van der Waals surface area contributed by atoms with Gasteiger partial charge < -0.3 is 14.8 Å². The number of hydrogen-bond acceptors (Lipinski definition) is 5. The average Bonchev–Trinajstić information content (AvgIpc) is 3.38. The third-order valence-electron chi connectivity index (χ3n) is 6.44. The number of benzene rings is 2. The standard InChI is InChI=1S/C23H22N2O4S/c26-20-10-13-23(25(20)16-6-2-3-7-19(16)30-23)21(27)24-15-8-9-17-18(14-15)29-22(28-17)11-4-1-5-12-22/h2-3,6-9,14H,1,4-5,10-13H2,(H,24,27)/t23-/m1/s1. The third-order valence-corrected chi connectivity index (χ3v) is 7.91. The summed E-state index contributed by atoms with van der Waals surface area (Å²) in [6.45, 7) is 0. The molecule has 154 valence electrons. The molecule has 0 unspecified atom stereocenters. The molecule has 6 rings (SSSR count). The summed E-state index contributed by atoms with van der Waals surface area (Å²) in [6, 6.07) is 13.2. The van der Waals surface area contributed by atoms with E-state index in [0.29, 0.717) is 24.3 Å². The highest BCUT2D eigenvalue weighted by molar-refractivity contribution is 8.02. The van der Waals surface area contributed by atoms with Gasteiger partial charge in [0.05, 0.1) is 5.69 Å². The molecule has 2 amide bonds. The summed E-state index contributed by atoms with van der Waals surface area (Å²) in [5.74, 6) is 0.676. The predicted octanol–water partition coefficient (Wildman–Crippen LogP) is 4.69. The first-order valence-electron chi connectivity index (χ1n) is 10.5. The molecular formula is C23H22N2O4S. The molecule has 1 atom stereocenters. The first-order valence-corrected chi connectivity index (χ1v) is 11.3. The number of ether oxygens (including phenoxy) is 2. The summed E-state index contributed by atoms with van der Waals surface area (Å²) in [6.07, 6.45) is 6.05. The van der Waals surface area contributed by atoms with E-state index >= 15 is 0 Å². The summed E-state index contributed by atoms with van der Waals surface area (Å²) in [5, 5.41) is 3.03. The lowest BCUT2D eigenvalue weighted by molar-refractivity contribution is -0.121. The van der Waals surface area contributed by atoms with E-state index in [1.807, 2.05) is 42.5 Å². The first kappa shape index (κ1) is 18.1. The highest BCUT2D eigenvalue weighted by atomic mass is 32.2. The quantitative estimate of drug-likeness (QED) is 0.761. The van der Waals surface area contributed by atoms with Gasteiger partial charge in [-0.2, -0.15) is 0 Å². The molecule has 1 aliphatic carbocycles. The van der Waals surface area contributed by atoms with Crippen molar-refractivity contribution in [1.29, 1.82) is 0 Å². The second kappa shape index (κ2) is 6.41. The van der Waals surface area contributed by atoms with Crippen molar-refractivity contribution in [1.82, 2.24) is 0 Å². The fourth-order valence-corrected chi connectivity index (χ4v) is 6.41. The zero-order chi connectivity index (χ0) is 20.3. The number of rotatable bonds is 2. The van der Waals surface area contributed by atoms with E-state index in [2.05, 4.69) is 5.32 Å². The van der Waals surface area contributed by atoms with Gasteiger partial charge in [0.25, 0.3) is 11.7 Å². The van der Waals surface area contributed by atoms with Gasteiger partial charge in [-0.3, -0.25) is 14.5 Å². The number of amides is 2. The van der Waals surface area contributed by atoms with Gasteiger partial charge in [-0.15, -0.1) is 0 Å². The number of carbonyl (C=O) groups excluding carboxylic acids is 2. The second-order valence-electron chi connectivity index (χ2n) is 8.37. The van der Waals surface area contributed by atoms with Gasteiger partial charge in [0.1, 0.15) is 0 Å². The van der Waals surface area contributed by atoms with E-state index in [9.17, 15) is 9.59 Å². The van der Waals surface area contributed by atoms with Gasteiger partial charge in [-0.1, -0.05) is 30.3 Å². The maximum Gasteiger partial charge on any atom is 0.261 e. The number of para-hydroxylation sites is 1. The Bertz CT molecular complexity index is 1060. The van der Waals surface area contributed by atoms with Crippen LogP contribution in [0.3, 0.4) is 0 Å². The molecule has 0 radical (unpaired) electrons. The van der Waals surface area contributed by atoms with Crippen LogP contribution in [0.25, 0.3) is 0 Å². The number of carbonyl (C=O) groups is 2. The van der Waals surface area contributed by atoms with Gasteiger partial charge in [0.2, 0.25) is 5.91 Å². The summed E-state index contributed by atoms with van der Waals surface area (Å²) < 4.78 is 12.3. The van der Waals surface area contributed by atoms with Gasteiger partial charge in [0, 0.05) is 35.9 Å². The minimum Gasteiger partial charge on any atom is -0.448 e. The molecule has 2 aromatic rings. The summed E-state index contributed by atoms with van der Waals surface area (Å²) in [4.78, 5) is 27.7. The first-order chi connectivity index (χ1) is 14.6. The number of nitrogens with one attached hydrogen (secondary N) is 1. The van der Waals surface area contributed by atoms with E-state index in [1.165, 1.54) is 18.2 Å². The van der Waals surface area contributed by atoms with Crippen molar-refractivity contribution in [2.24, 2.45) is 0 Å². The van der Waals surface area contributed by atoms with Crippen LogP contribution in [-0.4, -0.2) is 22.5 Å². The number of anilines is 2. The lowest BCUT2D eigenvalue weighted by Gasteiger charge is -2.31. The normalized spacial score (nSPS) is 25.3. The Labute approximate surface area is 178 Å². The topological polar surface area (TPSA) is 67.9 Å². The van der Waals surface area contributed by atoms with Crippen LogP contribution in [0.15, 0.2) is 47.4 Å². The van der Waals surface area contributed by atoms with Gasteiger partial charge in [-0.05, 0) is 43.5 Å². The highest BCUT2D eigenvalue weighted by Crippen LogP contribution is 2.56. The number of fused-ring (bicyclic) bond motifs is 4. The maximum atomic E-state index is 13.4. The molecule has 0 aromatic heterocycles. The van der Waals surface area contributed by atoms with Crippen molar-refractivity contribution in [3.05, 3.63) is 42.5 Å². The predicted molar refractivity (Wildman–Crippen MR) is 114 cm³/mol. The zero-order valence-electron chi connectivity index (χ0n) is 16.5. The number of thioether (sulfide) groups is 1. The Hall–Kier alpha value is -2.67. The highest BCUT2D eigenvalue weighted by Gasteiger charge is 2.57. The van der Waals surface area contributed by atoms with Crippen molar-refractivity contribution in [3.63, 3.8) is 0 Å². The lowest BCUT2D eigenvalue weighted by Crippen LogP contribution is -2.49. The van der Waals surface area contributed by atoms with E-state index in [1.54, 1.807) is 4.90 Å². The summed E-state index contributed by atoms with van der Waals surface area (Å²) in [5.41, 5.74) is 1.48. The zero-order valence-corrected chi connectivity index (χ0v) is 17.3.